The summed E-state index contributed by atoms with van der Waals surface area (Å²) < 4.78 is 0. The molecule has 1 saturated heterocycles. The normalized spacial score (nSPS) is 28.5. The van der Waals surface area contributed by atoms with Gasteiger partial charge in [0.15, 0.2) is 0 Å². The fraction of sp³-hybridized carbons (Fsp3) is 0.818. The van der Waals surface area contributed by atoms with Crippen LogP contribution in [0.15, 0.2) is 11.6 Å². The van der Waals surface area contributed by atoms with Gasteiger partial charge in [0.1, 0.15) is 0 Å². The zero-order valence-corrected chi connectivity index (χ0v) is 9.06. The fourth-order valence-corrected chi connectivity index (χ4v) is 1.60. The number of piperidine rings is 1. The Morgan fingerprint density at radius 1 is 1.46 bits per heavy atom. The van der Waals surface area contributed by atoms with Crippen LogP contribution in [0.25, 0.3) is 0 Å². The summed E-state index contributed by atoms with van der Waals surface area (Å²) in [6.07, 6.45) is 4.86. The first-order chi connectivity index (χ1) is 6.18. The summed E-state index contributed by atoms with van der Waals surface area (Å²) in [4.78, 5) is 0. The van der Waals surface area contributed by atoms with Gasteiger partial charge in [0.2, 0.25) is 0 Å². The van der Waals surface area contributed by atoms with E-state index in [1.807, 2.05) is 0 Å². The number of rotatable bonds is 3. The van der Waals surface area contributed by atoms with Crippen molar-refractivity contribution in [3.63, 3.8) is 0 Å². The summed E-state index contributed by atoms with van der Waals surface area (Å²) in [5, 5.41) is 7.02. The van der Waals surface area contributed by atoms with E-state index in [2.05, 4.69) is 37.5 Å². The molecule has 2 nitrogen and oxygen atoms in total. The Hall–Kier alpha value is -0.340. The number of hydrogen-bond acceptors (Lipinski definition) is 2. The van der Waals surface area contributed by atoms with Gasteiger partial charge < -0.3 is 10.6 Å². The van der Waals surface area contributed by atoms with Crippen molar-refractivity contribution >= 4 is 0 Å². The summed E-state index contributed by atoms with van der Waals surface area (Å²) in [5.74, 6) is 0. The molecule has 0 aromatic heterocycles. The Morgan fingerprint density at radius 3 is 2.77 bits per heavy atom. The van der Waals surface area contributed by atoms with Gasteiger partial charge in [0.25, 0.3) is 0 Å². The van der Waals surface area contributed by atoms with E-state index in [1.54, 1.807) is 0 Å². The van der Waals surface area contributed by atoms with Gasteiger partial charge in [-0.2, -0.15) is 0 Å². The summed E-state index contributed by atoms with van der Waals surface area (Å²) in [6.45, 7) is 8.68. The highest BCUT2D eigenvalue weighted by Crippen LogP contribution is 2.06. The molecule has 0 aromatic rings. The molecule has 1 rings (SSSR count). The molecule has 0 aliphatic carbocycles. The van der Waals surface area contributed by atoms with Crippen LogP contribution in [0.5, 0.6) is 0 Å². The van der Waals surface area contributed by atoms with E-state index in [4.69, 9.17) is 0 Å². The van der Waals surface area contributed by atoms with Crippen LogP contribution in [0.2, 0.25) is 0 Å². The summed E-state index contributed by atoms with van der Waals surface area (Å²) in [5.41, 5.74) is 1.39. The van der Waals surface area contributed by atoms with Crippen molar-refractivity contribution in [2.24, 2.45) is 0 Å². The van der Waals surface area contributed by atoms with Crippen LogP contribution in [0.3, 0.4) is 0 Å². The topological polar surface area (TPSA) is 24.1 Å². The molecule has 0 bridgehead atoms. The smallest absolute Gasteiger partial charge is 0.0196 e. The molecule has 0 amide bonds. The molecule has 76 valence electrons. The Balaban J connectivity index is 2.12. The lowest BCUT2D eigenvalue weighted by molar-refractivity contribution is 0.346. The number of nitrogens with one attached hydrogen (secondary N) is 2. The summed E-state index contributed by atoms with van der Waals surface area (Å²) in [7, 11) is 0. The lowest BCUT2D eigenvalue weighted by Gasteiger charge is -2.28. The number of hydrogen-bond donors (Lipinski definition) is 2. The monoisotopic (exact) mass is 182 g/mol. The molecule has 0 saturated carbocycles. The van der Waals surface area contributed by atoms with Crippen LogP contribution in [-0.2, 0) is 0 Å². The van der Waals surface area contributed by atoms with Crippen molar-refractivity contribution in [1.82, 2.24) is 10.6 Å². The van der Waals surface area contributed by atoms with Crippen molar-refractivity contribution in [3.8, 4) is 0 Å². The number of allylic oxidation sites excluding steroid dienone is 1. The molecule has 2 unspecified atom stereocenters. The summed E-state index contributed by atoms with van der Waals surface area (Å²) in [6, 6.07) is 1.38. The summed E-state index contributed by atoms with van der Waals surface area (Å²) >= 11 is 0. The van der Waals surface area contributed by atoms with Crippen LogP contribution >= 0.6 is 0 Å². The van der Waals surface area contributed by atoms with Gasteiger partial charge >= 0.3 is 0 Å². The van der Waals surface area contributed by atoms with Gasteiger partial charge in [-0.3, -0.25) is 0 Å². The highest BCUT2D eigenvalue weighted by atomic mass is 15.0. The van der Waals surface area contributed by atoms with Crippen molar-refractivity contribution in [2.75, 3.05) is 13.1 Å². The minimum Gasteiger partial charge on any atom is -0.313 e. The van der Waals surface area contributed by atoms with Gasteiger partial charge in [-0.05, 0) is 33.6 Å². The predicted octanol–water partition coefficient (Wildman–Crippen LogP) is 1.68. The zero-order chi connectivity index (χ0) is 9.68. The van der Waals surface area contributed by atoms with Crippen molar-refractivity contribution in [2.45, 2.75) is 45.7 Å². The Bertz CT molecular complexity index is 163. The van der Waals surface area contributed by atoms with E-state index in [0.29, 0.717) is 12.1 Å². The molecule has 2 atom stereocenters. The van der Waals surface area contributed by atoms with Gasteiger partial charge in [-0.1, -0.05) is 11.6 Å². The first kappa shape index (κ1) is 10.7. The molecule has 1 fully saturated rings. The lowest BCUT2D eigenvalue weighted by Crippen LogP contribution is -2.46. The maximum Gasteiger partial charge on any atom is 0.0196 e. The highest BCUT2D eigenvalue weighted by molar-refractivity contribution is 4.95. The van der Waals surface area contributed by atoms with E-state index in [0.717, 1.165) is 13.1 Å². The lowest BCUT2D eigenvalue weighted by atomic mass is 10.0. The van der Waals surface area contributed by atoms with Crippen LogP contribution in [-0.4, -0.2) is 25.2 Å². The molecule has 1 aliphatic rings. The minimum absolute atomic E-state index is 0.673. The standard InChI is InChI=1S/C11H22N2/c1-9(2)6-7-12-11-5-4-10(3)13-8-11/h6,10-13H,4-5,7-8H2,1-3H3. The predicted molar refractivity (Wildman–Crippen MR) is 57.9 cm³/mol. The molecule has 1 heterocycles. The second-order valence-corrected chi connectivity index (χ2v) is 4.27. The van der Waals surface area contributed by atoms with Crippen molar-refractivity contribution < 1.29 is 0 Å². The molecule has 2 heteroatoms. The third-order valence-corrected chi connectivity index (χ3v) is 2.58. The van der Waals surface area contributed by atoms with Gasteiger partial charge in [-0.25, -0.2) is 0 Å². The van der Waals surface area contributed by atoms with Gasteiger partial charge in [0, 0.05) is 25.2 Å². The molecule has 13 heavy (non-hydrogen) atoms. The largest absolute Gasteiger partial charge is 0.313 e. The molecule has 2 N–H and O–H groups in total. The van der Waals surface area contributed by atoms with Crippen LogP contribution in [0.1, 0.15) is 33.6 Å². The van der Waals surface area contributed by atoms with Gasteiger partial charge in [0.05, 0.1) is 0 Å². The first-order valence-corrected chi connectivity index (χ1v) is 5.28. The van der Waals surface area contributed by atoms with Crippen LogP contribution < -0.4 is 10.6 Å². The minimum atomic E-state index is 0.673. The SMILES string of the molecule is CC(C)=CCNC1CCC(C)NC1. The first-order valence-electron chi connectivity index (χ1n) is 5.28. The van der Waals surface area contributed by atoms with Crippen molar-refractivity contribution in [1.29, 1.82) is 0 Å². The third kappa shape index (κ3) is 4.44. The van der Waals surface area contributed by atoms with E-state index in [1.165, 1.54) is 18.4 Å². The third-order valence-electron chi connectivity index (χ3n) is 2.58. The maximum absolute atomic E-state index is 3.53. The molecule has 0 radical (unpaired) electrons. The van der Waals surface area contributed by atoms with E-state index >= 15 is 0 Å². The molecular weight excluding hydrogens is 160 g/mol. The zero-order valence-electron chi connectivity index (χ0n) is 9.06. The maximum atomic E-state index is 3.53. The molecular formula is C11H22N2. The quantitative estimate of drug-likeness (QED) is 0.649. The van der Waals surface area contributed by atoms with E-state index in [-0.39, 0.29) is 0 Å². The molecule has 1 aliphatic heterocycles. The van der Waals surface area contributed by atoms with E-state index < -0.39 is 0 Å². The second kappa shape index (κ2) is 5.40. The van der Waals surface area contributed by atoms with Crippen molar-refractivity contribution in [3.05, 3.63) is 11.6 Å². The van der Waals surface area contributed by atoms with Crippen LogP contribution in [0, 0.1) is 0 Å². The van der Waals surface area contributed by atoms with E-state index in [9.17, 15) is 0 Å². The molecule has 0 spiro atoms. The fourth-order valence-electron chi connectivity index (χ4n) is 1.60. The van der Waals surface area contributed by atoms with Crippen LogP contribution in [0.4, 0.5) is 0 Å². The average molecular weight is 182 g/mol. The Kier molecular flexibility index (Phi) is 4.46. The Labute approximate surface area is 81.8 Å². The van der Waals surface area contributed by atoms with Gasteiger partial charge in [-0.15, -0.1) is 0 Å². The Morgan fingerprint density at radius 2 is 2.23 bits per heavy atom. The average Bonchev–Trinajstić information content (AvgIpc) is 2.08. The molecule has 0 aromatic carbocycles. The second-order valence-electron chi connectivity index (χ2n) is 4.27. The highest BCUT2D eigenvalue weighted by Gasteiger charge is 2.15.